The van der Waals surface area contributed by atoms with Crippen LogP contribution in [0.15, 0.2) is 122 Å². The lowest BCUT2D eigenvalue weighted by Gasteiger charge is -2.19. The van der Waals surface area contributed by atoms with E-state index in [-0.39, 0.29) is 12.5 Å². The number of rotatable bonds is 57. The van der Waals surface area contributed by atoms with E-state index in [1.807, 2.05) is 6.08 Å². The number of carbonyl (C=O) groups excluding carboxylic acids is 1. The molecular weight excluding hydrogens is 903 g/mol. The Morgan fingerprint density at radius 2 is 0.608 bits per heavy atom. The summed E-state index contributed by atoms with van der Waals surface area (Å²) in [6.07, 6.45) is 98.2. The number of allylic oxidation sites excluding steroid dienone is 19. The van der Waals surface area contributed by atoms with Crippen LogP contribution in [0.5, 0.6) is 0 Å². The topological polar surface area (TPSA) is 69.6 Å². The fourth-order valence-electron chi connectivity index (χ4n) is 9.13. The van der Waals surface area contributed by atoms with Crippen LogP contribution in [0, 0.1) is 0 Å². The summed E-state index contributed by atoms with van der Waals surface area (Å²) >= 11 is 0. The molecule has 0 radical (unpaired) electrons. The lowest BCUT2D eigenvalue weighted by Crippen LogP contribution is -2.45. The zero-order valence-electron chi connectivity index (χ0n) is 48.8. The maximum atomic E-state index is 12.5. The molecule has 74 heavy (non-hydrogen) atoms. The first kappa shape index (κ1) is 70.8. The van der Waals surface area contributed by atoms with Gasteiger partial charge >= 0.3 is 0 Å². The quantitative estimate of drug-likeness (QED) is 0.0420. The van der Waals surface area contributed by atoms with E-state index in [0.29, 0.717) is 6.42 Å². The van der Waals surface area contributed by atoms with Crippen molar-refractivity contribution < 1.29 is 15.0 Å². The van der Waals surface area contributed by atoms with E-state index in [4.69, 9.17) is 0 Å². The highest BCUT2D eigenvalue weighted by Gasteiger charge is 2.18. The summed E-state index contributed by atoms with van der Waals surface area (Å²) in [5.74, 6) is -0.0777. The van der Waals surface area contributed by atoms with Gasteiger partial charge in [-0.2, -0.15) is 0 Å². The molecule has 0 heterocycles. The largest absolute Gasteiger partial charge is 0.394 e. The first-order valence-electron chi connectivity index (χ1n) is 31.7. The molecule has 3 N–H and O–H groups in total. The van der Waals surface area contributed by atoms with Gasteiger partial charge in [0.25, 0.3) is 0 Å². The van der Waals surface area contributed by atoms with E-state index in [1.54, 1.807) is 6.08 Å². The van der Waals surface area contributed by atoms with E-state index in [0.717, 1.165) is 83.5 Å². The van der Waals surface area contributed by atoms with Gasteiger partial charge in [0.2, 0.25) is 5.91 Å². The predicted molar refractivity (Wildman–Crippen MR) is 331 cm³/mol. The summed E-state index contributed by atoms with van der Waals surface area (Å²) in [5, 5.41) is 23.2. The van der Waals surface area contributed by atoms with Crippen molar-refractivity contribution in [2.24, 2.45) is 0 Å². The molecule has 0 bridgehead atoms. The molecule has 424 valence electrons. The van der Waals surface area contributed by atoms with Crippen LogP contribution in [-0.4, -0.2) is 34.9 Å². The number of hydrogen-bond donors (Lipinski definition) is 3. The van der Waals surface area contributed by atoms with Crippen LogP contribution >= 0.6 is 0 Å². The lowest BCUT2D eigenvalue weighted by atomic mass is 10.0. The molecule has 0 fully saturated rings. The second kappa shape index (κ2) is 64.1. The van der Waals surface area contributed by atoms with Crippen LogP contribution in [0.4, 0.5) is 0 Å². The number of nitrogens with one attached hydrogen (secondary N) is 1. The molecule has 2 unspecified atom stereocenters. The minimum atomic E-state index is -0.876. The Morgan fingerprint density at radius 3 is 0.946 bits per heavy atom. The Labute approximate surface area is 460 Å². The Bertz CT molecular complexity index is 1440. The highest BCUT2D eigenvalue weighted by molar-refractivity contribution is 5.76. The van der Waals surface area contributed by atoms with Gasteiger partial charge < -0.3 is 15.5 Å². The Balaban J connectivity index is 3.53. The molecule has 0 aliphatic carbocycles. The van der Waals surface area contributed by atoms with Gasteiger partial charge in [-0.15, -0.1) is 0 Å². The second-order valence-corrected chi connectivity index (χ2v) is 21.1. The number of hydrogen-bond acceptors (Lipinski definition) is 3. The molecular formula is C70H121NO3. The van der Waals surface area contributed by atoms with E-state index in [2.05, 4.69) is 129 Å². The number of aliphatic hydroxyl groups excluding tert-OH is 2. The third-order valence-corrected chi connectivity index (χ3v) is 13.9. The molecule has 0 aliphatic heterocycles. The second-order valence-electron chi connectivity index (χ2n) is 21.1. The van der Waals surface area contributed by atoms with Gasteiger partial charge in [0.15, 0.2) is 0 Å². The van der Waals surface area contributed by atoms with Crippen LogP contribution < -0.4 is 5.32 Å². The molecule has 0 rings (SSSR count). The molecule has 0 saturated carbocycles. The average molecular weight is 1020 g/mol. The van der Waals surface area contributed by atoms with Crippen molar-refractivity contribution in [3.8, 4) is 0 Å². The van der Waals surface area contributed by atoms with Crippen LogP contribution in [0.25, 0.3) is 0 Å². The predicted octanol–water partition coefficient (Wildman–Crippen LogP) is 21.6. The monoisotopic (exact) mass is 1020 g/mol. The number of carbonyl (C=O) groups is 1. The van der Waals surface area contributed by atoms with Gasteiger partial charge in [-0.3, -0.25) is 4.79 Å². The molecule has 0 aliphatic rings. The molecule has 0 aromatic carbocycles. The summed E-state index contributed by atoms with van der Waals surface area (Å²) in [7, 11) is 0. The third kappa shape index (κ3) is 59.7. The van der Waals surface area contributed by atoms with Crippen molar-refractivity contribution in [1.82, 2.24) is 5.32 Å². The van der Waals surface area contributed by atoms with Gasteiger partial charge in [-0.1, -0.05) is 309 Å². The molecule has 4 heteroatoms. The highest BCUT2D eigenvalue weighted by atomic mass is 16.3. The fourth-order valence-corrected chi connectivity index (χ4v) is 9.13. The molecule has 1 amide bonds. The van der Waals surface area contributed by atoms with Gasteiger partial charge in [-0.25, -0.2) is 0 Å². The Kier molecular flexibility index (Phi) is 61.3. The molecule has 4 nitrogen and oxygen atoms in total. The van der Waals surface area contributed by atoms with Gasteiger partial charge in [0, 0.05) is 6.42 Å². The summed E-state index contributed by atoms with van der Waals surface area (Å²) in [6.45, 7) is 4.19. The van der Waals surface area contributed by atoms with E-state index < -0.39 is 12.1 Å². The van der Waals surface area contributed by atoms with Crippen LogP contribution in [-0.2, 0) is 4.79 Å². The molecule has 0 aromatic rings. The minimum Gasteiger partial charge on any atom is -0.394 e. The number of amides is 1. The van der Waals surface area contributed by atoms with Gasteiger partial charge in [-0.05, 0) is 103 Å². The fraction of sp³-hybridized carbons (Fsp3) is 0.700. The molecule has 2 atom stereocenters. The van der Waals surface area contributed by atoms with E-state index in [9.17, 15) is 15.0 Å². The third-order valence-electron chi connectivity index (χ3n) is 13.9. The SMILES string of the molecule is CC/C=C\C/C=C\C/C=C\C/C=C\C/C=C\C/C=C\C/C=C\CCCCCCCCCCCCCCCCCCCCCC(=O)NC(CO)C(O)/C=C/CC/C=C/CC/C=C/CCCCCCCCCCCCC. The van der Waals surface area contributed by atoms with Crippen molar-refractivity contribution in [3.63, 3.8) is 0 Å². The first-order chi connectivity index (χ1) is 36.7. The molecule has 0 aromatic heterocycles. The van der Waals surface area contributed by atoms with Crippen LogP contribution in [0.3, 0.4) is 0 Å². The normalized spacial score (nSPS) is 13.6. The smallest absolute Gasteiger partial charge is 0.220 e. The zero-order chi connectivity index (χ0) is 53.4. The van der Waals surface area contributed by atoms with Crippen molar-refractivity contribution >= 4 is 5.91 Å². The lowest BCUT2D eigenvalue weighted by molar-refractivity contribution is -0.123. The number of unbranched alkanes of at least 4 members (excludes halogenated alkanes) is 32. The Hall–Kier alpha value is -3.21. The molecule has 0 saturated heterocycles. The van der Waals surface area contributed by atoms with Gasteiger partial charge in [0.1, 0.15) is 0 Å². The van der Waals surface area contributed by atoms with Gasteiger partial charge in [0.05, 0.1) is 18.8 Å². The average Bonchev–Trinajstić information content (AvgIpc) is 3.40. The van der Waals surface area contributed by atoms with Crippen molar-refractivity contribution in [2.75, 3.05) is 6.61 Å². The van der Waals surface area contributed by atoms with Crippen molar-refractivity contribution in [3.05, 3.63) is 122 Å². The van der Waals surface area contributed by atoms with E-state index >= 15 is 0 Å². The maximum absolute atomic E-state index is 12.5. The zero-order valence-corrected chi connectivity index (χ0v) is 48.8. The standard InChI is InChI=1S/C70H121NO3/c1-3-5-7-9-11-13-15-17-19-21-23-25-26-27-28-29-30-31-32-33-34-35-36-37-38-39-40-41-42-43-44-46-48-50-52-54-56-58-60-62-64-66-70(74)71-68(67-72)69(73)65-63-61-59-57-55-53-51-49-47-45-24-22-20-18-16-14-12-10-8-6-4-2/h5,7,11,13,17,19,23,25,27-28,30-31,33-34,47,49,55,57,63,65,68-69,72-73H,3-4,6,8-10,12,14-16,18,20-22,24,26,29,32,35-46,48,50-54,56,58-62,64,66-67H2,1-2H3,(H,71,74)/b7-5-,13-11-,19-17-,25-23-,28-27-,31-30-,34-33-,49-47+,57-55+,65-63+. The first-order valence-corrected chi connectivity index (χ1v) is 31.7. The summed E-state index contributed by atoms with van der Waals surface area (Å²) < 4.78 is 0. The van der Waals surface area contributed by atoms with Crippen LogP contribution in [0.1, 0.15) is 296 Å². The number of aliphatic hydroxyl groups is 2. The molecule has 0 spiro atoms. The van der Waals surface area contributed by atoms with Crippen molar-refractivity contribution in [1.29, 1.82) is 0 Å². The maximum Gasteiger partial charge on any atom is 0.220 e. The summed E-state index contributed by atoms with van der Waals surface area (Å²) in [6, 6.07) is -0.651. The Morgan fingerprint density at radius 1 is 0.338 bits per heavy atom. The minimum absolute atomic E-state index is 0.0777. The summed E-state index contributed by atoms with van der Waals surface area (Å²) in [5.41, 5.74) is 0. The van der Waals surface area contributed by atoms with E-state index in [1.165, 1.54) is 193 Å². The summed E-state index contributed by atoms with van der Waals surface area (Å²) in [4.78, 5) is 12.5. The highest BCUT2D eigenvalue weighted by Crippen LogP contribution is 2.16. The van der Waals surface area contributed by atoms with Crippen LogP contribution in [0.2, 0.25) is 0 Å². The van der Waals surface area contributed by atoms with Crippen molar-refractivity contribution in [2.45, 2.75) is 309 Å².